The van der Waals surface area contributed by atoms with Crippen LogP contribution in [0.25, 0.3) is 16.9 Å². The number of amides is 1. The fourth-order valence-corrected chi connectivity index (χ4v) is 5.80. The molecule has 1 aliphatic heterocycles. The number of hydrogen-bond acceptors (Lipinski definition) is 5. The topological polar surface area (TPSA) is 97.2 Å². The Hall–Kier alpha value is -3.56. The zero-order valence-electron chi connectivity index (χ0n) is 18.5. The molecule has 0 saturated carbocycles. The van der Waals surface area contributed by atoms with Crippen LogP contribution in [-0.4, -0.2) is 46.3 Å². The van der Waals surface area contributed by atoms with Crippen molar-refractivity contribution in [3.8, 4) is 5.82 Å². The minimum atomic E-state index is -3.60. The summed E-state index contributed by atoms with van der Waals surface area (Å²) in [6, 6.07) is 20.0. The van der Waals surface area contributed by atoms with Crippen LogP contribution in [-0.2, 0) is 21.4 Å². The highest BCUT2D eigenvalue weighted by molar-refractivity contribution is 7.89. The molecule has 1 amide bonds. The zero-order chi connectivity index (χ0) is 23.5. The molecule has 0 bridgehead atoms. The Morgan fingerprint density at radius 1 is 1.00 bits per heavy atom. The molecule has 1 aliphatic rings. The highest BCUT2D eigenvalue weighted by Gasteiger charge is 2.33. The van der Waals surface area contributed by atoms with E-state index in [4.69, 9.17) is 0 Å². The fourth-order valence-electron chi connectivity index (χ4n) is 4.26. The summed E-state index contributed by atoms with van der Waals surface area (Å²) < 4.78 is 29.2. The third-order valence-electron chi connectivity index (χ3n) is 6.11. The van der Waals surface area contributed by atoms with E-state index in [9.17, 15) is 13.2 Å². The first kappa shape index (κ1) is 22.2. The lowest BCUT2D eigenvalue weighted by Gasteiger charge is -2.31. The molecule has 4 aromatic rings. The Bertz CT molecular complexity index is 1400. The van der Waals surface area contributed by atoms with E-state index in [1.807, 2.05) is 41.0 Å². The zero-order valence-corrected chi connectivity index (χ0v) is 19.4. The highest BCUT2D eigenvalue weighted by Crippen LogP contribution is 2.24. The average Bonchev–Trinajstić information content (AvgIpc) is 3.32. The lowest BCUT2D eigenvalue weighted by molar-refractivity contribution is -0.126. The molecule has 1 fully saturated rings. The second-order valence-corrected chi connectivity index (χ2v) is 10.3. The maximum Gasteiger partial charge on any atom is 0.243 e. The number of fused-ring (bicyclic) bond motifs is 1. The number of carbonyl (C=O) groups is 1. The molecule has 5 rings (SSSR count). The van der Waals surface area contributed by atoms with Gasteiger partial charge in [0.1, 0.15) is 12.1 Å². The van der Waals surface area contributed by atoms with Gasteiger partial charge in [0.2, 0.25) is 15.9 Å². The Labute approximate surface area is 198 Å². The van der Waals surface area contributed by atoms with Crippen LogP contribution >= 0.6 is 0 Å². The number of nitrogens with one attached hydrogen (secondary N) is 1. The van der Waals surface area contributed by atoms with Crippen LogP contribution in [0, 0.1) is 5.92 Å². The molecule has 0 aliphatic carbocycles. The molecule has 1 saturated heterocycles. The van der Waals surface area contributed by atoms with Gasteiger partial charge in [-0.25, -0.2) is 18.4 Å². The van der Waals surface area contributed by atoms with Crippen molar-refractivity contribution in [2.75, 3.05) is 13.1 Å². The molecule has 0 spiro atoms. The summed E-state index contributed by atoms with van der Waals surface area (Å²) >= 11 is 0. The molecule has 2 aromatic carbocycles. The second-order valence-electron chi connectivity index (χ2n) is 8.36. The van der Waals surface area contributed by atoms with Gasteiger partial charge in [-0.15, -0.1) is 0 Å². The number of carbonyl (C=O) groups excluding carboxylic acids is 1. The fraction of sp³-hybridized carbons (Fsp3) is 0.240. The summed E-state index contributed by atoms with van der Waals surface area (Å²) in [5, 5.41) is 2.94. The molecule has 9 heteroatoms. The monoisotopic (exact) mass is 475 g/mol. The number of hydrogen-bond donors (Lipinski definition) is 1. The van der Waals surface area contributed by atoms with Gasteiger partial charge < -0.3 is 5.32 Å². The average molecular weight is 476 g/mol. The molecular formula is C25H25N5O3S. The quantitative estimate of drug-likeness (QED) is 0.462. The van der Waals surface area contributed by atoms with Crippen molar-refractivity contribution >= 4 is 27.0 Å². The lowest BCUT2D eigenvalue weighted by atomic mass is 9.99. The van der Waals surface area contributed by atoms with E-state index < -0.39 is 10.0 Å². The summed E-state index contributed by atoms with van der Waals surface area (Å²) in [5.41, 5.74) is 2.74. The van der Waals surface area contributed by atoms with Gasteiger partial charge in [0.25, 0.3) is 0 Å². The lowest BCUT2D eigenvalue weighted by Crippen LogP contribution is -2.45. The molecule has 2 aromatic heterocycles. The largest absolute Gasteiger partial charge is 0.352 e. The molecule has 34 heavy (non-hydrogen) atoms. The van der Waals surface area contributed by atoms with Crippen LogP contribution in [0.4, 0.5) is 0 Å². The van der Waals surface area contributed by atoms with E-state index in [1.165, 1.54) is 4.31 Å². The first-order chi connectivity index (χ1) is 16.5. The SMILES string of the molecule is O=C(NCc1ccc(-n2cnc3ccccc32)nc1)C1CCCN(S(=O)(=O)c2ccccc2)C1. The van der Waals surface area contributed by atoms with E-state index in [0.717, 1.165) is 22.4 Å². The Kier molecular flexibility index (Phi) is 6.12. The van der Waals surface area contributed by atoms with E-state index >= 15 is 0 Å². The van der Waals surface area contributed by atoms with E-state index in [1.54, 1.807) is 42.9 Å². The smallest absolute Gasteiger partial charge is 0.243 e. The molecule has 1 N–H and O–H groups in total. The molecule has 0 radical (unpaired) electrons. The number of para-hydroxylation sites is 2. The summed E-state index contributed by atoms with van der Waals surface area (Å²) in [7, 11) is -3.60. The summed E-state index contributed by atoms with van der Waals surface area (Å²) in [4.78, 5) is 22.0. The number of rotatable bonds is 6. The van der Waals surface area contributed by atoms with Gasteiger partial charge in [-0.1, -0.05) is 36.4 Å². The van der Waals surface area contributed by atoms with Crippen molar-refractivity contribution < 1.29 is 13.2 Å². The van der Waals surface area contributed by atoms with Crippen LogP contribution < -0.4 is 5.32 Å². The number of imidazole rings is 1. The van der Waals surface area contributed by atoms with Crippen molar-refractivity contribution in [1.82, 2.24) is 24.2 Å². The first-order valence-corrected chi connectivity index (χ1v) is 12.7. The van der Waals surface area contributed by atoms with Gasteiger partial charge in [0, 0.05) is 25.8 Å². The van der Waals surface area contributed by atoms with Crippen molar-refractivity contribution in [3.63, 3.8) is 0 Å². The number of pyridine rings is 1. The van der Waals surface area contributed by atoms with Crippen molar-refractivity contribution in [3.05, 3.63) is 84.8 Å². The van der Waals surface area contributed by atoms with Gasteiger partial charge >= 0.3 is 0 Å². The van der Waals surface area contributed by atoms with Gasteiger partial charge in [0.15, 0.2) is 0 Å². The Morgan fingerprint density at radius 2 is 1.79 bits per heavy atom. The van der Waals surface area contributed by atoms with Gasteiger partial charge in [-0.3, -0.25) is 9.36 Å². The van der Waals surface area contributed by atoms with Crippen molar-refractivity contribution in [2.24, 2.45) is 5.92 Å². The molecule has 1 unspecified atom stereocenters. The number of benzene rings is 2. The van der Waals surface area contributed by atoms with Crippen LogP contribution in [0.15, 0.2) is 84.1 Å². The maximum absolute atomic E-state index is 12.9. The van der Waals surface area contributed by atoms with Gasteiger partial charge in [0.05, 0.1) is 21.8 Å². The molecule has 3 heterocycles. The predicted molar refractivity (Wildman–Crippen MR) is 129 cm³/mol. The molecular weight excluding hydrogens is 450 g/mol. The van der Waals surface area contributed by atoms with Crippen LogP contribution in [0.1, 0.15) is 18.4 Å². The highest BCUT2D eigenvalue weighted by atomic mass is 32.2. The number of nitrogens with zero attached hydrogens (tertiary/aromatic N) is 4. The minimum absolute atomic E-state index is 0.141. The number of piperidine rings is 1. The van der Waals surface area contributed by atoms with Crippen molar-refractivity contribution in [2.45, 2.75) is 24.3 Å². The standard InChI is InChI=1S/C25H25N5O3S/c31-25(20-7-6-14-29(17-20)34(32,33)21-8-2-1-3-9-21)27-16-19-12-13-24(26-15-19)30-18-28-22-10-4-5-11-23(22)30/h1-5,8-13,15,18,20H,6-7,14,16-17H2,(H,27,31). The Morgan fingerprint density at radius 3 is 2.59 bits per heavy atom. The maximum atomic E-state index is 12.9. The van der Waals surface area contributed by atoms with Crippen LogP contribution in [0.2, 0.25) is 0 Å². The first-order valence-electron chi connectivity index (χ1n) is 11.2. The van der Waals surface area contributed by atoms with Crippen molar-refractivity contribution in [1.29, 1.82) is 0 Å². The number of aromatic nitrogens is 3. The predicted octanol–water partition coefficient (Wildman–Crippen LogP) is 3.14. The normalized spacial score (nSPS) is 17.0. The van der Waals surface area contributed by atoms with E-state index in [-0.39, 0.29) is 23.3 Å². The van der Waals surface area contributed by atoms with E-state index in [2.05, 4.69) is 15.3 Å². The van der Waals surface area contributed by atoms with Crippen LogP contribution in [0.3, 0.4) is 0 Å². The third-order valence-corrected chi connectivity index (χ3v) is 7.99. The Balaban J connectivity index is 1.21. The van der Waals surface area contributed by atoms with Crippen LogP contribution in [0.5, 0.6) is 0 Å². The molecule has 8 nitrogen and oxygen atoms in total. The molecule has 174 valence electrons. The second kappa shape index (κ2) is 9.36. The van der Waals surface area contributed by atoms with Gasteiger partial charge in [-0.2, -0.15) is 4.31 Å². The minimum Gasteiger partial charge on any atom is -0.352 e. The summed E-state index contributed by atoms with van der Waals surface area (Å²) in [6.45, 7) is 0.946. The summed E-state index contributed by atoms with van der Waals surface area (Å²) in [6.07, 6.45) is 4.79. The number of sulfonamides is 1. The van der Waals surface area contributed by atoms with E-state index in [0.29, 0.717) is 25.9 Å². The van der Waals surface area contributed by atoms with Gasteiger partial charge in [-0.05, 0) is 48.7 Å². The molecule has 1 atom stereocenters. The summed E-state index contributed by atoms with van der Waals surface area (Å²) in [5.74, 6) is 0.229. The third kappa shape index (κ3) is 4.44.